The van der Waals surface area contributed by atoms with Crippen LogP contribution >= 0.6 is 11.6 Å². The first-order valence-corrected chi connectivity index (χ1v) is 6.78. The molecule has 0 aromatic heterocycles. The monoisotopic (exact) mass is 270 g/mol. The van der Waals surface area contributed by atoms with Gasteiger partial charge < -0.3 is 9.84 Å². The van der Waals surface area contributed by atoms with Crippen LogP contribution in [0.3, 0.4) is 0 Å². The molecule has 0 bridgehead atoms. The van der Waals surface area contributed by atoms with Gasteiger partial charge in [0.2, 0.25) is 0 Å². The highest BCUT2D eigenvalue weighted by molar-refractivity contribution is 6.30. The molecule has 1 aromatic rings. The van der Waals surface area contributed by atoms with Gasteiger partial charge in [-0.3, -0.25) is 0 Å². The van der Waals surface area contributed by atoms with E-state index in [0.29, 0.717) is 17.0 Å². The van der Waals surface area contributed by atoms with Gasteiger partial charge >= 0.3 is 0 Å². The van der Waals surface area contributed by atoms with Crippen LogP contribution in [0.25, 0.3) is 0 Å². The van der Waals surface area contributed by atoms with Crippen molar-refractivity contribution in [3.63, 3.8) is 0 Å². The van der Waals surface area contributed by atoms with E-state index in [4.69, 9.17) is 16.3 Å². The van der Waals surface area contributed by atoms with Gasteiger partial charge in [-0.15, -0.1) is 0 Å². The summed E-state index contributed by atoms with van der Waals surface area (Å²) < 4.78 is 5.73. The molecule has 0 unspecified atom stereocenters. The van der Waals surface area contributed by atoms with Gasteiger partial charge in [0.1, 0.15) is 5.75 Å². The zero-order valence-corrected chi connectivity index (χ0v) is 12.4. The first kappa shape index (κ1) is 15.3. The minimum absolute atomic E-state index is 0.330. The summed E-state index contributed by atoms with van der Waals surface area (Å²) >= 11 is 5.92. The Hall–Kier alpha value is -0.730. The van der Waals surface area contributed by atoms with E-state index < -0.39 is 6.10 Å². The molecule has 2 nitrogen and oxygen atoms in total. The van der Waals surface area contributed by atoms with E-state index >= 15 is 0 Å². The molecule has 0 aliphatic heterocycles. The number of hydrogen-bond donors (Lipinski definition) is 1. The van der Waals surface area contributed by atoms with Crippen molar-refractivity contribution in [3.05, 3.63) is 28.8 Å². The molecule has 1 aromatic carbocycles. The third-order valence-electron chi connectivity index (χ3n) is 2.75. The summed E-state index contributed by atoms with van der Waals surface area (Å²) in [6.45, 7) is 9.04. The van der Waals surface area contributed by atoms with Crippen molar-refractivity contribution < 1.29 is 9.84 Å². The topological polar surface area (TPSA) is 29.5 Å². The van der Waals surface area contributed by atoms with Crippen molar-refractivity contribution in [1.82, 2.24) is 0 Å². The van der Waals surface area contributed by atoms with Crippen molar-refractivity contribution in [2.45, 2.75) is 46.6 Å². The van der Waals surface area contributed by atoms with E-state index in [-0.39, 0.29) is 0 Å². The molecule has 1 rings (SSSR count). The first-order chi connectivity index (χ1) is 8.29. The largest absolute Gasteiger partial charge is 0.493 e. The highest BCUT2D eigenvalue weighted by Gasteiger charge is 2.12. The van der Waals surface area contributed by atoms with Crippen molar-refractivity contribution in [1.29, 1.82) is 0 Å². The van der Waals surface area contributed by atoms with Crippen molar-refractivity contribution in [2.24, 2.45) is 5.41 Å². The van der Waals surface area contributed by atoms with Gasteiger partial charge in [-0.25, -0.2) is 0 Å². The lowest BCUT2D eigenvalue weighted by Crippen LogP contribution is -2.08. The van der Waals surface area contributed by atoms with E-state index in [1.807, 2.05) is 6.07 Å². The molecule has 102 valence electrons. The lowest BCUT2D eigenvalue weighted by Gasteiger charge is -2.19. The number of benzene rings is 1. The Morgan fingerprint density at radius 3 is 2.56 bits per heavy atom. The first-order valence-electron chi connectivity index (χ1n) is 6.40. The van der Waals surface area contributed by atoms with E-state index in [1.165, 1.54) is 0 Å². The van der Waals surface area contributed by atoms with Gasteiger partial charge in [-0.1, -0.05) is 32.4 Å². The predicted octanol–water partition coefficient (Wildman–Crippen LogP) is 4.60. The maximum absolute atomic E-state index is 9.68. The van der Waals surface area contributed by atoms with E-state index in [1.54, 1.807) is 19.1 Å². The van der Waals surface area contributed by atoms with E-state index in [0.717, 1.165) is 24.2 Å². The average Bonchev–Trinajstić information content (AvgIpc) is 2.24. The molecule has 0 aliphatic rings. The van der Waals surface area contributed by atoms with Crippen LogP contribution in [-0.2, 0) is 0 Å². The molecule has 3 heteroatoms. The number of rotatable bonds is 5. The zero-order valence-electron chi connectivity index (χ0n) is 11.7. The highest BCUT2D eigenvalue weighted by Crippen LogP contribution is 2.29. The van der Waals surface area contributed by atoms with Crippen LogP contribution in [-0.4, -0.2) is 11.7 Å². The van der Waals surface area contributed by atoms with Crippen LogP contribution in [0.2, 0.25) is 5.02 Å². The number of halogens is 1. The third kappa shape index (κ3) is 5.28. The van der Waals surface area contributed by atoms with Crippen molar-refractivity contribution >= 4 is 11.6 Å². The molecule has 0 spiro atoms. The fourth-order valence-electron chi connectivity index (χ4n) is 1.76. The quantitative estimate of drug-likeness (QED) is 0.793. The van der Waals surface area contributed by atoms with E-state index in [9.17, 15) is 5.11 Å². The summed E-state index contributed by atoms with van der Waals surface area (Å²) in [5, 5.41) is 10.3. The Morgan fingerprint density at radius 2 is 2.00 bits per heavy atom. The van der Waals surface area contributed by atoms with Crippen molar-refractivity contribution in [2.75, 3.05) is 6.61 Å². The van der Waals surface area contributed by atoms with E-state index in [2.05, 4.69) is 20.8 Å². The Balaban J connectivity index is 2.57. The third-order valence-corrected chi connectivity index (χ3v) is 2.99. The van der Waals surface area contributed by atoms with Crippen LogP contribution in [0, 0.1) is 5.41 Å². The Kier molecular flexibility index (Phi) is 5.48. The molecule has 0 amide bonds. The molecule has 0 aliphatic carbocycles. The Bertz CT molecular complexity index is 381. The normalized spacial score (nSPS) is 13.4. The minimum atomic E-state index is -0.568. The molecule has 18 heavy (non-hydrogen) atoms. The van der Waals surface area contributed by atoms with Gasteiger partial charge in [0, 0.05) is 10.6 Å². The molecule has 0 heterocycles. The molecule has 0 radical (unpaired) electrons. The lowest BCUT2D eigenvalue weighted by atomic mass is 9.91. The highest BCUT2D eigenvalue weighted by atomic mass is 35.5. The summed E-state index contributed by atoms with van der Waals surface area (Å²) in [4.78, 5) is 0. The Labute approximate surface area is 115 Å². The summed E-state index contributed by atoms with van der Waals surface area (Å²) in [5.41, 5.74) is 1.08. The molecule has 1 N–H and O–H groups in total. The molecule has 0 saturated heterocycles. The number of aliphatic hydroxyl groups excluding tert-OH is 1. The molecular formula is C15H23ClO2. The summed E-state index contributed by atoms with van der Waals surface area (Å²) in [6.07, 6.45) is 1.55. The second-order valence-corrected chi connectivity index (χ2v) is 6.31. The minimum Gasteiger partial charge on any atom is -0.493 e. The molecule has 0 saturated carbocycles. The fourth-order valence-corrected chi connectivity index (χ4v) is 1.94. The number of ether oxygens (including phenoxy) is 1. The molecule has 1 atom stereocenters. The van der Waals surface area contributed by atoms with Crippen molar-refractivity contribution in [3.8, 4) is 5.75 Å². The maximum atomic E-state index is 9.68. The molecule has 0 fully saturated rings. The number of aliphatic hydroxyl groups is 1. The maximum Gasteiger partial charge on any atom is 0.125 e. The lowest BCUT2D eigenvalue weighted by molar-refractivity contribution is 0.189. The average molecular weight is 271 g/mol. The predicted molar refractivity (Wildman–Crippen MR) is 76.3 cm³/mol. The van der Waals surface area contributed by atoms with Gasteiger partial charge in [0.05, 0.1) is 12.7 Å². The Morgan fingerprint density at radius 1 is 1.33 bits per heavy atom. The van der Waals surface area contributed by atoms with Gasteiger partial charge in [0.15, 0.2) is 0 Å². The second-order valence-electron chi connectivity index (χ2n) is 5.87. The SMILES string of the molecule is C[C@@H](O)c1cc(Cl)ccc1OCCCC(C)(C)C. The van der Waals surface area contributed by atoms with Gasteiger partial charge in [-0.2, -0.15) is 0 Å². The summed E-state index contributed by atoms with van der Waals surface area (Å²) in [5.74, 6) is 0.725. The van der Waals surface area contributed by atoms with Crippen LogP contribution < -0.4 is 4.74 Å². The standard InChI is InChI=1S/C15H23ClO2/c1-11(17)13-10-12(16)6-7-14(13)18-9-5-8-15(2,3)4/h6-7,10-11,17H,5,8-9H2,1-4H3/t11-/m1/s1. The zero-order chi connectivity index (χ0) is 13.8. The summed E-state index contributed by atoms with van der Waals surface area (Å²) in [7, 11) is 0. The van der Waals surface area contributed by atoms with Crippen LogP contribution in [0.15, 0.2) is 18.2 Å². The number of hydrogen-bond acceptors (Lipinski definition) is 2. The fraction of sp³-hybridized carbons (Fsp3) is 0.600. The van der Waals surface area contributed by atoms with Crippen LogP contribution in [0.5, 0.6) is 5.75 Å². The van der Waals surface area contributed by atoms with Gasteiger partial charge in [-0.05, 0) is 43.4 Å². The molecular weight excluding hydrogens is 248 g/mol. The summed E-state index contributed by atoms with van der Waals surface area (Å²) in [6, 6.07) is 5.36. The van der Waals surface area contributed by atoms with Crippen LogP contribution in [0.4, 0.5) is 0 Å². The smallest absolute Gasteiger partial charge is 0.125 e. The van der Waals surface area contributed by atoms with Gasteiger partial charge in [0.25, 0.3) is 0 Å². The van der Waals surface area contributed by atoms with Crippen LogP contribution in [0.1, 0.15) is 52.2 Å². The second kappa shape index (κ2) is 6.44.